The molecule has 0 atom stereocenters. The lowest BCUT2D eigenvalue weighted by molar-refractivity contribution is -0.144. The van der Waals surface area contributed by atoms with E-state index in [9.17, 15) is 98.2 Å². The third-order valence-corrected chi connectivity index (χ3v) is 12.8. The molecule has 3 N–H and O–H groups in total. The van der Waals surface area contributed by atoms with Gasteiger partial charge < -0.3 is 35.1 Å². The molecule has 0 radical (unpaired) electrons. The Morgan fingerprint density at radius 2 is 0.764 bits per heavy atom. The number of carbonyl (C=O) groups excluding carboxylic acids is 4. The second-order valence-electron chi connectivity index (χ2n) is 22.6. The lowest BCUT2D eigenvalue weighted by Gasteiger charge is -2.33. The van der Waals surface area contributed by atoms with Crippen LogP contribution in [0, 0.1) is 23.4 Å². The molecule has 3 aromatic rings. The van der Waals surface area contributed by atoms with Crippen LogP contribution in [-0.4, -0.2) is 95.4 Å². The SMILES string of the molecule is CC(C)(C)OC(=O)N1CCC(CC(=O)Cc2cc(C(F)(F)F)cc(C(F)(F)F)c2)CC1.CC(C)(C)OC(=O)N1CCC(N)CC1.ClCCl.N#COc1cc(C(F)(F)F)cc(C(F)(F)F)c1.O=C(Cc1cc(C(F)(F)F)cc(C(F)(F)F)c1)CC1CCNCC1. The van der Waals surface area contributed by atoms with Crippen LogP contribution in [0.4, 0.5) is 88.6 Å². The van der Waals surface area contributed by atoms with Gasteiger partial charge in [0.2, 0.25) is 0 Å². The van der Waals surface area contributed by atoms with E-state index in [4.69, 9.17) is 43.7 Å². The molecule has 2 amide bonds. The molecule has 0 unspecified atom stereocenters. The van der Waals surface area contributed by atoms with Crippen LogP contribution in [0.3, 0.4) is 0 Å². The summed E-state index contributed by atoms with van der Waals surface area (Å²) in [5, 5.41) is 11.4. The van der Waals surface area contributed by atoms with Gasteiger partial charge in [0.1, 0.15) is 28.5 Å². The Balaban J connectivity index is 0.000000415. The number of benzene rings is 3. The Morgan fingerprint density at radius 3 is 1.03 bits per heavy atom. The van der Waals surface area contributed by atoms with E-state index in [2.05, 4.69) is 10.1 Å². The Labute approximate surface area is 511 Å². The second kappa shape index (κ2) is 33.4. The van der Waals surface area contributed by atoms with Gasteiger partial charge >= 0.3 is 49.2 Å². The molecule has 32 heteroatoms. The van der Waals surface area contributed by atoms with Crippen molar-refractivity contribution in [2.75, 3.05) is 44.6 Å². The standard InChI is InChI=1S/C21H25F6NO3.C16H17F6NO.C10H20N2O2.C9H3F6NO.CH2Cl2/c1-19(2,3)31-18(30)28-6-4-13(5-7-28)10-17(29)11-14-8-15(20(22,23)24)12-16(9-14)21(25,26)27;17-15(18,19)12-5-11(6-13(9-12)16(20,21)22)8-14(24)7-10-1-3-23-4-2-10;1-10(2,3)14-9(13)12-6-4-8(11)5-7-12;10-8(11,12)5-1-6(9(13,14)15)3-7(2-5)17-4-16;2-1-3/h8-9,12-13H,4-7,10-11H2,1-3H3;5-6,9-10,23H,1-4,7-8H2;8H,4-7,11H2,1-3H3;1-3H;1H2. The lowest BCUT2D eigenvalue weighted by atomic mass is 9.89. The molecule has 3 heterocycles. The van der Waals surface area contributed by atoms with Gasteiger partial charge in [0.15, 0.2) is 0 Å². The van der Waals surface area contributed by atoms with Gasteiger partial charge in [0.25, 0.3) is 6.26 Å². The Bertz CT molecular complexity index is 2710. The highest BCUT2D eigenvalue weighted by atomic mass is 35.5. The predicted octanol–water partition coefficient (Wildman–Crippen LogP) is 16.4. The summed E-state index contributed by atoms with van der Waals surface area (Å²) in [5.41, 5.74) is -4.57. The first-order valence-electron chi connectivity index (χ1n) is 27.0. The Morgan fingerprint density at radius 1 is 0.494 bits per heavy atom. The van der Waals surface area contributed by atoms with Crippen LogP contribution in [0.25, 0.3) is 0 Å². The number of nitrogens with two attached hydrogens (primary N) is 1. The summed E-state index contributed by atoms with van der Waals surface area (Å²) in [5.74, 6) is -1.56. The maximum absolute atomic E-state index is 13.0. The molecule has 3 saturated heterocycles. The lowest BCUT2D eigenvalue weighted by Crippen LogP contribution is -2.44. The number of halogens is 20. The molecule has 3 aromatic carbocycles. The van der Waals surface area contributed by atoms with Crippen LogP contribution in [0.2, 0.25) is 0 Å². The van der Waals surface area contributed by atoms with Crippen molar-refractivity contribution >= 4 is 47.0 Å². The summed E-state index contributed by atoms with van der Waals surface area (Å²) < 4.78 is 243. The van der Waals surface area contributed by atoms with Crippen LogP contribution >= 0.6 is 23.2 Å². The third kappa shape index (κ3) is 30.6. The molecule has 0 aromatic heterocycles. The zero-order valence-corrected chi connectivity index (χ0v) is 50.3. The molecule has 502 valence electrons. The monoisotopic (exact) mass is 1350 g/mol. The zero-order chi connectivity index (χ0) is 68.3. The maximum Gasteiger partial charge on any atom is 0.416 e. The van der Waals surface area contributed by atoms with Gasteiger partial charge in [-0.2, -0.15) is 79.0 Å². The van der Waals surface area contributed by atoms with Crippen molar-refractivity contribution in [1.82, 2.24) is 15.1 Å². The summed E-state index contributed by atoms with van der Waals surface area (Å²) in [6.45, 7) is 14.6. The number of ketones is 2. The summed E-state index contributed by atoms with van der Waals surface area (Å²) in [6, 6.07) is 3.35. The molecule has 0 aliphatic carbocycles. The van der Waals surface area contributed by atoms with Crippen molar-refractivity contribution in [3.63, 3.8) is 0 Å². The first kappa shape index (κ1) is 79.2. The fourth-order valence-electron chi connectivity index (χ4n) is 8.66. The smallest absolute Gasteiger partial charge is 0.416 e. The van der Waals surface area contributed by atoms with Crippen molar-refractivity contribution in [1.29, 1.82) is 5.26 Å². The van der Waals surface area contributed by atoms with E-state index in [1.54, 1.807) is 25.7 Å². The number of carbonyl (C=O) groups is 4. The van der Waals surface area contributed by atoms with Crippen LogP contribution in [-0.2, 0) is 69.0 Å². The number of nitriles is 1. The number of Topliss-reactive ketones (excluding diaryl/α,β-unsaturated/α-hetero) is 2. The van der Waals surface area contributed by atoms with Crippen molar-refractivity contribution in [3.8, 4) is 12.0 Å². The minimum absolute atomic E-state index is 0.0275. The minimum atomic E-state index is -4.95. The van der Waals surface area contributed by atoms with Crippen molar-refractivity contribution in [2.24, 2.45) is 17.6 Å². The summed E-state index contributed by atoms with van der Waals surface area (Å²) >= 11 is 9.53. The molecule has 0 saturated carbocycles. The molecule has 3 aliphatic heterocycles. The van der Waals surface area contributed by atoms with Gasteiger partial charge in [0.05, 0.1) is 38.7 Å². The van der Waals surface area contributed by atoms with E-state index in [0.717, 1.165) is 58.1 Å². The van der Waals surface area contributed by atoms with E-state index in [0.29, 0.717) is 62.3 Å². The number of alkyl halides is 20. The van der Waals surface area contributed by atoms with Gasteiger partial charge in [-0.25, -0.2) is 9.59 Å². The molecular weight excluding hydrogens is 1280 g/mol. The van der Waals surface area contributed by atoms with Crippen LogP contribution in [0.5, 0.6) is 5.75 Å². The van der Waals surface area contributed by atoms with Crippen molar-refractivity contribution < 1.29 is 112 Å². The summed E-state index contributed by atoms with van der Waals surface area (Å²) in [6.07, 6.45) is -25.7. The first-order chi connectivity index (χ1) is 40.5. The normalized spacial score (nSPS) is 15.9. The fourth-order valence-corrected chi connectivity index (χ4v) is 8.66. The van der Waals surface area contributed by atoms with Gasteiger partial charge in [-0.1, -0.05) is 0 Å². The number of rotatable bonds is 9. The van der Waals surface area contributed by atoms with E-state index < -0.39 is 112 Å². The van der Waals surface area contributed by atoms with E-state index >= 15 is 0 Å². The third-order valence-electron chi connectivity index (χ3n) is 12.8. The summed E-state index contributed by atoms with van der Waals surface area (Å²) in [4.78, 5) is 51.3. The molecule has 12 nitrogen and oxygen atoms in total. The minimum Gasteiger partial charge on any atom is -0.444 e. The van der Waals surface area contributed by atoms with E-state index in [1.807, 2.05) is 20.8 Å². The highest BCUT2D eigenvalue weighted by molar-refractivity contribution is 6.40. The van der Waals surface area contributed by atoms with Crippen molar-refractivity contribution in [2.45, 2.75) is 160 Å². The van der Waals surface area contributed by atoms with Crippen LogP contribution in [0.1, 0.15) is 137 Å². The maximum atomic E-state index is 13.0. The number of hydrogen-bond acceptors (Lipinski definition) is 10. The van der Waals surface area contributed by atoms with Gasteiger partial charge in [0, 0.05) is 57.9 Å². The average Bonchev–Trinajstić information content (AvgIpc) is 1.27. The number of piperidine rings is 3. The number of amides is 2. The Hall–Kier alpha value is -5.93. The average molecular weight is 1350 g/mol. The first-order valence-corrected chi connectivity index (χ1v) is 28.1. The van der Waals surface area contributed by atoms with Crippen LogP contribution < -0.4 is 15.8 Å². The summed E-state index contributed by atoms with van der Waals surface area (Å²) in [7, 11) is 0. The van der Waals surface area contributed by atoms with E-state index in [-0.39, 0.29) is 77.3 Å². The number of nitrogens with zero attached hydrogens (tertiary/aromatic N) is 3. The molecule has 6 rings (SSSR count). The highest BCUT2D eigenvalue weighted by Crippen LogP contribution is 2.40. The topological polar surface area (TPSA) is 164 Å². The number of hydrogen-bond donors (Lipinski definition) is 2. The quantitative estimate of drug-likeness (QED) is 0.120. The van der Waals surface area contributed by atoms with Crippen molar-refractivity contribution in [3.05, 3.63) is 99.1 Å². The van der Waals surface area contributed by atoms with Gasteiger partial charge in [-0.3, -0.25) is 9.59 Å². The van der Waals surface area contributed by atoms with E-state index in [1.165, 1.54) is 4.90 Å². The number of nitrogens with one attached hydrogen (secondary N) is 1. The molecule has 89 heavy (non-hydrogen) atoms. The predicted molar refractivity (Wildman–Crippen MR) is 290 cm³/mol. The molecule has 0 spiro atoms. The molecular formula is C57H67Cl2F18N5O7. The largest absolute Gasteiger partial charge is 0.444 e. The highest BCUT2D eigenvalue weighted by Gasteiger charge is 2.40. The molecule has 0 bridgehead atoms. The number of likely N-dealkylation sites (tertiary alicyclic amines) is 2. The fraction of sp³-hybridized carbons (Fsp3) is 0.596. The van der Waals surface area contributed by atoms with Gasteiger partial charge in [-0.05, 0) is 171 Å². The number of ether oxygens (including phenoxy) is 3. The second-order valence-corrected chi connectivity index (χ2v) is 23.4. The molecule has 3 aliphatic rings. The zero-order valence-electron chi connectivity index (χ0n) is 48.8. The Kier molecular flexibility index (Phi) is 29.7. The van der Waals surface area contributed by atoms with Crippen LogP contribution in [0.15, 0.2) is 54.6 Å². The van der Waals surface area contributed by atoms with Gasteiger partial charge in [-0.15, -0.1) is 28.5 Å². The molecule has 3 fully saturated rings.